The largest absolute Gasteiger partial charge is 0.471 e. The molecule has 2 atom stereocenters. The Kier molecular flexibility index (Phi) is 3.56. The first kappa shape index (κ1) is 12.3. The summed E-state index contributed by atoms with van der Waals surface area (Å²) in [6.07, 6.45) is -5.64. The van der Waals surface area contributed by atoms with Crippen LogP contribution in [0.15, 0.2) is 0 Å². The summed E-state index contributed by atoms with van der Waals surface area (Å²) in [4.78, 5) is 11.7. The van der Waals surface area contributed by atoms with Gasteiger partial charge in [-0.2, -0.15) is 13.2 Å². The van der Waals surface area contributed by atoms with E-state index < -0.39 is 24.4 Å². The van der Waals surface area contributed by atoms with Crippen LogP contribution in [-0.4, -0.2) is 49.6 Å². The lowest BCUT2D eigenvalue weighted by Gasteiger charge is -2.38. The Morgan fingerprint density at radius 1 is 1.53 bits per heavy atom. The number of hydrogen-bond acceptors (Lipinski definition) is 3. The van der Waals surface area contributed by atoms with Gasteiger partial charge in [0.2, 0.25) is 0 Å². The molecule has 1 aliphatic rings. The predicted octanol–water partition coefficient (Wildman–Crippen LogP) is 0.768. The summed E-state index contributed by atoms with van der Waals surface area (Å²) in [6.45, 7) is 1.43. The molecule has 7 heteroatoms. The van der Waals surface area contributed by atoms with Crippen LogP contribution in [0, 0.1) is 0 Å². The van der Waals surface area contributed by atoms with Gasteiger partial charge in [-0.25, -0.2) is 0 Å². The summed E-state index contributed by atoms with van der Waals surface area (Å²) >= 11 is 0. The zero-order valence-electron chi connectivity index (χ0n) is 8.37. The van der Waals surface area contributed by atoms with Crippen LogP contribution in [0.3, 0.4) is 0 Å². The molecule has 0 aromatic heterocycles. The van der Waals surface area contributed by atoms with Crippen molar-refractivity contribution in [3.63, 3.8) is 0 Å². The zero-order valence-corrected chi connectivity index (χ0v) is 8.37. The number of alkyl halides is 3. The van der Waals surface area contributed by atoms with Gasteiger partial charge in [-0.05, 0) is 6.92 Å². The highest BCUT2D eigenvalue weighted by Gasteiger charge is 2.46. The highest BCUT2D eigenvalue weighted by Crippen LogP contribution is 2.23. The third-order valence-corrected chi connectivity index (χ3v) is 2.24. The van der Waals surface area contributed by atoms with Crippen LogP contribution < -0.4 is 0 Å². The summed E-state index contributed by atoms with van der Waals surface area (Å²) < 4.78 is 46.4. The molecule has 0 aromatic rings. The topological polar surface area (TPSA) is 38.8 Å². The fraction of sp³-hybridized carbons (Fsp3) is 0.875. The Morgan fingerprint density at radius 2 is 2.13 bits per heavy atom. The molecule has 0 aliphatic carbocycles. The van der Waals surface area contributed by atoms with Crippen LogP contribution in [0.25, 0.3) is 0 Å². The molecule has 0 saturated carbocycles. The summed E-state index contributed by atoms with van der Waals surface area (Å²) in [5, 5.41) is 0. The molecule has 1 rings (SSSR count). The van der Waals surface area contributed by atoms with Crippen molar-refractivity contribution in [3.05, 3.63) is 0 Å². The maximum atomic E-state index is 12.2. The van der Waals surface area contributed by atoms with E-state index in [1.807, 2.05) is 0 Å². The van der Waals surface area contributed by atoms with Crippen LogP contribution in [-0.2, 0) is 14.3 Å². The van der Waals surface area contributed by atoms with Crippen molar-refractivity contribution in [2.75, 3.05) is 20.3 Å². The lowest BCUT2D eigenvalue weighted by atomic mass is 10.2. The average molecular weight is 227 g/mol. The number of ether oxygens (including phenoxy) is 2. The van der Waals surface area contributed by atoms with Crippen LogP contribution in [0.2, 0.25) is 0 Å². The Labute approximate surface area is 84.9 Å². The van der Waals surface area contributed by atoms with Crippen molar-refractivity contribution >= 4 is 5.91 Å². The molecule has 4 nitrogen and oxygen atoms in total. The molecule has 1 aliphatic heterocycles. The number of carbonyl (C=O) groups excluding carboxylic acids is 1. The normalized spacial score (nSPS) is 27.9. The standard InChI is InChI=1S/C8H12F3NO3/c1-5-6(14-2)15-4-3-12(5)7(13)8(9,10)11/h5-6H,3-4H2,1-2H3/t5?,6-/m1/s1. The third-order valence-electron chi connectivity index (χ3n) is 2.24. The molecule has 88 valence electrons. The Morgan fingerprint density at radius 3 is 2.60 bits per heavy atom. The molecule has 0 spiro atoms. The third kappa shape index (κ3) is 2.60. The van der Waals surface area contributed by atoms with E-state index in [0.29, 0.717) is 0 Å². The smallest absolute Gasteiger partial charge is 0.354 e. The molecule has 1 unspecified atom stereocenters. The summed E-state index contributed by atoms with van der Waals surface area (Å²) in [7, 11) is 1.32. The fourth-order valence-corrected chi connectivity index (χ4v) is 1.47. The van der Waals surface area contributed by atoms with Crippen molar-refractivity contribution in [2.45, 2.75) is 25.4 Å². The van der Waals surface area contributed by atoms with Gasteiger partial charge in [0, 0.05) is 13.7 Å². The lowest BCUT2D eigenvalue weighted by molar-refractivity contribution is -0.219. The van der Waals surface area contributed by atoms with E-state index in [1.54, 1.807) is 0 Å². The second kappa shape index (κ2) is 4.36. The van der Waals surface area contributed by atoms with Gasteiger partial charge in [0.15, 0.2) is 6.29 Å². The number of methoxy groups -OCH3 is 1. The molecule has 15 heavy (non-hydrogen) atoms. The van der Waals surface area contributed by atoms with Gasteiger partial charge in [-0.15, -0.1) is 0 Å². The zero-order chi connectivity index (χ0) is 11.6. The number of halogens is 3. The van der Waals surface area contributed by atoms with Crippen molar-refractivity contribution in [1.29, 1.82) is 0 Å². The molecular formula is C8H12F3NO3. The highest BCUT2D eigenvalue weighted by molar-refractivity contribution is 5.82. The van der Waals surface area contributed by atoms with E-state index in [-0.39, 0.29) is 13.2 Å². The number of carbonyl (C=O) groups is 1. The van der Waals surface area contributed by atoms with Crippen LogP contribution in [0.4, 0.5) is 13.2 Å². The first-order chi connectivity index (χ1) is 6.88. The van der Waals surface area contributed by atoms with E-state index in [0.717, 1.165) is 4.90 Å². The molecule has 0 bridgehead atoms. The van der Waals surface area contributed by atoms with Gasteiger partial charge in [0.1, 0.15) is 0 Å². The van der Waals surface area contributed by atoms with E-state index in [2.05, 4.69) is 0 Å². The van der Waals surface area contributed by atoms with Crippen molar-refractivity contribution in [3.8, 4) is 0 Å². The second-order valence-electron chi connectivity index (χ2n) is 3.21. The molecule has 1 fully saturated rings. The Balaban J connectivity index is 2.73. The molecule has 0 radical (unpaired) electrons. The van der Waals surface area contributed by atoms with Gasteiger partial charge in [0.25, 0.3) is 0 Å². The minimum Gasteiger partial charge on any atom is -0.354 e. The summed E-state index contributed by atoms with van der Waals surface area (Å²) in [5.74, 6) is -1.85. The summed E-state index contributed by atoms with van der Waals surface area (Å²) in [6, 6.07) is -0.738. The maximum absolute atomic E-state index is 12.2. The van der Waals surface area contributed by atoms with Crippen molar-refractivity contribution in [1.82, 2.24) is 4.90 Å². The molecular weight excluding hydrogens is 215 g/mol. The van der Waals surface area contributed by atoms with Gasteiger partial charge < -0.3 is 14.4 Å². The SMILES string of the molecule is CO[C@@H]1OCCN(C(=O)C(F)(F)F)C1C. The number of nitrogens with zero attached hydrogens (tertiary/aromatic N) is 1. The van der Waals surface area contributed by atoms with Crippen LogP contribution in [0.5, 0.6) is 0 Å². The maximum Gasteiger partial charge on any atom is 0.471 e. The molecule has 0 aromatic carbocycles. The van der Waals surface area contributed by atoms with Gasteiger partial charge >= 0.3 is 12.1 Å². The minimum absolute atomic E-state index is 0.0463. The molecule has 1 amide bonds. The number of rotatable bonds is 1. The van der Waals surface area contributed by atoms with Crippen molar-refractivity contribution in [2.24, 2.45) is 0 Å². The lowest BCUT2D eigenvalue weighted by Crippen LogP contribution is -2.56. The number of amides is 1. The molecule has 1 heterocycles. The second-order valence-corrected chi connectivity index (χ2v) is 3.21. The quantitative estimate of drug-likeness (QED) is 0.664. The van der Waals surface area contributed by atoms with Crippen LogP contribution in [0.1, 0.15) is 6.92 Å². The van der Waals surface area contributed by atoms with Crippen molar-refractivity contribution < 1.29 is 27.4 Å². The van der Waals surface area contributed by atoms with E-state index >= 15 is 0 Å². The average Bonchev–Trinajstić information content (AvgIpc) is 2.16. The highest BCUT2D eigenvalue weighted by atomic mass is 19.4. The first-order valence-corrected chi connectivity index (χ1v) is 4.40. The van der Waals surface area contributed by atoms with E-state index in [9.17, 15) is 18.0 Å². The number of hydrogen-bond donors (Lipinski definition) is 0. The van der Waals surface area contributed by atoms with E-state index in [4.69, 9.17) is 9.47 Å². The fourth-order valence-electron chi connectivity index (χ4n) is 1.47. The Bertz CT molecular complexity index is 244. The van der Waals surface area contributed by atoms with Crippen LogP contribution >= 0.6 is 0 Å². The number of morpholine rings is 1. The minimum atomic E-state index is -4.84. The Hall–Kier alpha value is -0.820. The molecule has 1 saturated heterocycles. The van der Waals surface area contributed by atoms with Gasteiger partial charge in [0.05, 0.1) is 12.6 Å². The summed E-state index contributed by atoms with van der Waals surface area (Å²) in [5.41, 5.74) is 0. The van der Waals surface area contributed by atoms with Gasteiger partial charge in [-0.1, -0.05) is 0 Å². The predicted molar refractivity (Wildman–Crippen MR) is 44.0 cm³/mol. The van der Waals surface area contributed by atoms with E-state index in [1.165, 1.54) is 14.0 Å². The van der Waals surface area contributed by atoms with Gasteiger partial charge in [-0.3, -0.25) is 4.79 Å². The first-order valence-electron chi connectivity index (χ1n) is 4.40. The monoisotopic (exact) mass is 227 g/mol. The molecule has 0 N–H and O–H groups in total.